The highest BCUT2D eigenvalue weighted by molar-refractivity contribution is 7.11. The number of nitrogens with zero attached hydrogens (tertiary/aromatic N) is 1. The molecule has 1 aromatic heterocycles. The van der Waals surface area contributed by atoms with Crippen LogP contribution in [0.2, 0.25) is 0 Å². The standard InChI is InChI=1S/C25H24N2O2S/c1-15(2)18-8-10-19(11-9-18)26-23-22(21-6-5-13-30-21)24(28)27(25(23)29)20-12-7-16(3)14-17(20)4/h5-15,26H,1-4H3. The third-order valence-corrected chi connectivity index (χ3v) is 6.18. The van der Waals surface area contributed by atoms with Gasteiger partial charge in [-0.15, -0.1) is 11.3 Å². The lowest BCUT2D eigenvalue weighted by Gasteiger charge is -2.18. The van der Waals surface area contributed by atoms with Crippen molar-refractivity contribution in [3.05, 3.63) is 87.2 Å². The molecule has 2 amide bonds. The Bertz CT molecular complexity index is 1140. The molecule has 2 aromatic carbocycles. The second-order valence-corrected chi connectivity index (χ2v) is 8.81. The van der Waals surface area contributed by atoms with Crippen LogP contribution in [0.4, 0.5) is 11.4 Å². The SMILES string of the molecule is Cc1ccc(N2C(=O)C(Nc3ccc(C(C)C)cc3)=C(c3cccs3)C2=O)c(C)c1. The Morgan fingerprint density at radius 2 is 1.67 bits per heavy atom. The fourth-order valence-corrected chi connectivity index (χ4v) is 4.43. The highest BCUT2D eigenvalue weighted by Gasteiger charge is 2.41. The molecule has 0 saturated heterocycles. The van der Waals surface area contributed by atoms with E-state index in [-0.39, 0.29) is 11.8 Å². The Morgan fingerprint density at radius 3 is 2.27 bits per heavy atom. The number of aryl methyl sites for hydroxylation is 2. The number of thiophene rings is 1. The predicted octanol–water partition coefficient (Wildman–Crippen LogP) is 5.88. The van der Waals surface area contributed by atoms with Crippen molar-refractivity contribution in [2.45, 2.75) is 33.6 Å². The fourth-order valence-electron chi connectivity index (χ4n) is 3.67. The second-order valence-electron chi connectivity index (χ2n) is 7.86. The fraction of sp³-hybridized carbons (Fsp3) is 0.200. The van der Waals surface area contributed by atoms with Gasteiger partial charge >= 0.3 is 0 Å². The quantitative estimate of drug-likeness (QED) is 0.528. The van der Waals surface area contributed by atoms with E-state index < -0.39 is 0 Å². The molecule has 2 heterocycles. The largest absolute Gasteiger partial charge is 0.350 e. The molecule has 0 saturated carbocycles. The van der Waals surface area contributed by atoms with Crippen LogP contribution in [0.25, 0.3) is 5.57 Å². The maximum absolute atomic E-state index is 13.4. The first-order chi connectivity index (χ1) is 14.4. The molecule has 3 aromatic rings. The minimum absolute atomic E-state index is 0.296. The smallest absolute Gasteiger partial charge is 0.282 e. The summed E-state index contributed by atoms with van der Waals surface area (Å²) in [5.41, 5.74) is 5.35. The molecular formula is C25H24N2O2S. The molecule has 0 atom stereocenters. The van der Waals surface area contributed by atoms with Gasteiger partial charge in [-0.1, -0.05) is 49.7 Å². The van der Waals surface area contributed by atoms with Crippen LogP contribution >= 0.6 is 11.3 Å². The summed E-state index contributed by atoms with van der Waals surface area (Å²) in [6.07, 6.45) is 0. The predicted molar refractivity (Wildman–Crippen MR) is 124 cm³/mol. The molecule has 30 heavy (non-hydrogen) atoms. The van der Waals surface area contributed by atoms with Gasteiger partial charge in [-0.2, -0.15) is 0 Å². The first-order valence-corrected chi connectivity index (χ1v) is 10.9. The lowest BCUT2D eigenvalue weighted by atomic mass is 10.0. The van der Waals surface area contributed by atoms with Gasteiger partial charge in [0.15, 0.2) is 0 Å². The van der Waals surface area contributed by atoms with Crippen LogP contribution in [-0.4, -0.2) is 11.8 Å². The molecule has 4 rings (SSSR count). The zero-order valence-corrected chi connectivity index (χ0v) is 18.3. The normalized spacial score (nSPS) is 14.2. The van der Waals surface area contributed by atoms with E-state index in [0.29, 0.717) is 22.9 Å². The number of hydrogen-bond acceptors (Lipinski definition) is 4. The van der Waals surface area contributed by atoms with Crippen LogP contribution in [0.15, 0.2) is 65.7 Å². The minimum atomic E-state index is -0.330. The monoisotopic (exact) mass is 416 g/mol. The average molecular weight is 417 g/mol. The highest BCUT2D eigenvalue weighted by Crippen LogP contribution is 2.36. The minimum Gasteiger partial charge on any atom is -0.350 e. The number of benzene rings is 2. The third-order valence-electron chi connectivity index (χ3n) is 5.29. The number of carbonyl (C=O) groups excluding carboxylic acids is 2. The second kappa shape index (κ2) is 7.92. The van der Waals surface area contributed by atoms with Crippen LogP contribution < -0.4 is 10.2 Å². The summed E-state index contributed by atoms with van der Waals surface area (Å²) in [6.45, 7) is 8.19. The molecule has 0 spiro atoms. The van der Waals surface area contributed by atoms with Crippen LogP contribution in [0.5, 0.6) is 0 Å². The Morgan fingerprint density at radius 1 is 0.933 bits per heavy atom. The molecule has 4 nitrogen and oxygen atoms in total. The maximum atomic E-state index is 13.4. The first-order valence-electron chi connectivity index (χ1n) is 9.98. The summed E-state index contributed by atoms with van der Waals surface area (Å²) in [5.74, 6) is -0.200. The van der Waals surface area contributed by atoms with Crippen molar-refractivity contribution in [2.24, 2.45) is 0 Å². The molecule has 152 valence electrons. The molecule has 1 N–H and O–H groups in total. The Balaban J connectivity index is 1.76. The Kier molecular flexibility index (Phi) is 5.31. The van der Waals surface area contributed by atoms with Gasteiger partial charge in [0, 0.05) is 10.6 Å². The summed E-state index contributed by atoms with van der Waals surface area (Å²) in [7, 11) is 0. The first kappa shape index (κ1) is 20.1. The third kappa shape index (κ3) is 3.57. The number of nitrogens with one attached hydrogen (secondary N) is 1. The summed E-state index contributed by atoms with van der Waals surface area (Å²) in [5, 5.41) is 5.14. The molecule has 0 unspecified atom stereocenters. The van der Waals surface area contributed by atoms with Crippen molar-refractivity contribution >= 4 is 40.1 Å². The number of carbonyl (C=O) groups is 2. The van der Waals surface area contributed by atoms with E-state index in [4.69, 9.17) is 0 Å². The zero-order valence-electron chi connectivity index (χ0n) is 17.5. The highest BCUT2D eigenvalue weighted by atomic mass is 32.1. The summed E-state index contributed by atoms with van der Waals surface area (Å²) in [6, 6.07) is 17.5. The summed E-state index contributed by atoms with van der Waals surface area (Å²) in [4.78, 5) is 28.9. The van der Waals surface area contributed by atoms with Gasteiger partial charge in [0.2, 0.25) is 0 Å². The summed E-state index contributed by atoms with van der Waals surface area (Å²) >= 11 is 1.45. The van der Waals surface area contributed by atoms with E-state index >= 15 is 0 Å². The zero-order chi connectivity index (χ0) is 21.4. The maximum Gasteiger partial charge on any atom is 0.282 e. The van der Waals surface area contributed by atoms with Gasteiger partial charge < -0.3 is 5.32 Å². The van der Waals surface area contributed by atoms with E-state index in [1.807, 2.05) is 73.8 Å². The van der Waals surface area contributed by atoms with Crippen LogP contribution in [0, 0.1) is 13.8 Å². The van der Waals surface area contributed by atoms with Crippen LogP contribution in [-0.2, 0) is 9.59 Å². The number of hydrogen-bond donors (Lipinski definition) is 1. The number of rotatable bonds is 5. The molecule has 0 fully saturated rings. The van der Waals surface area contributed by atoms with Crippen molar-refractivity contribution in [2.75, 3.05) is 10.2 Å². The Hall–Kier alpha value is -3.18. The topological polar surface area (TPSA) is 49.4 Å². The molecular weight excluding hydrogens is 392 g/mol. The Labute approximate surface area is 180 Å². The van der Waals surface area contributed by atoms with Crippen molar-refractivity contribution in [1.29, 1.82) is 0 Å². The van der Waals surface area contributed by atoms with E-state index in [0.717, 1.165) is 21.7 Å². The molecule has 0 bridgehead atoms. The van der Waals surface area contributed by atoms with Gasteiger partial charge in [-0.25, -0.2) is 4.90 Å². The van der Waals surface area contributed by atoms with Crippen molar-refractivity contribution in [3.63, 3.8) is 0 Å². The molecule has 1 aliphatic rings. The van der Waals surface area contributed by atoms with Crippen molar-refractivity contribution < 1.29 is 9.59 Å². The van der Waals surface area contributed by atoms with Gasteiger partial charge in [0.1, 0.15) is 5.70 Å². The van der Waals surface area contributed by atoms with Gasteiger partial charge in [-0.05, 0) is 60.5 Å². The van der Waals surface area contributed by atoms with Crippen molar-refractivity contribution in [3.8, 4) is 0 Å². The van der Waals surface area contributed by atoms with E-state index in [1.165, 1.54) is 21.8 Å². The molecule has 5 heteroatoms. The van der Waals surface area contributed by atoms with Crippen LogP contribution in [0.1, 0.15) is 41.3 Å². The lowest BCUT2D eigenvalue weighted by molar-refractivity contribution is -0.120. The van der Waals surface area contributed by atoms with E-state index in [2.05, 4.69) is 19.2 Å². The lowest BCUT2D eigenvalue weighted by Crippen LogP contribution is -2.33. The van der Waals surface area contributed by atoms with Crippen molar-refractivity contribution in [1.82, 2.24) is 0 Å². The van der Waals surface area contributed by atoms with Crippen LogP contribution in [0.3, 0.4) is 0 Å². The number of amides is 2. The molecule has 1 aliphatic heterocycles. The number of anilines is 2. The van der Waals surface area contributed by atoms with E-state index in [1.54, 1.807) is 0 Å². The number of imide groups is 1. The average Bonchev–Trinajstić information content (AvgIpc) is 3.30. The van der Waals surface area contributed by atoms with E-state index in [9.17, 15) is 9.59 Å². The van der Waals surface area contributed by atoms with Gasteiger partial charge in [-0.3, -0.25) is 9.59 Å². The van der Waals surface area contributed by atoms with Gasteiger partial charge in [0.05, 0.1) is 11.3 Å². The van der Waals surface area contributed by atoms with Gasteiger partial charge in [0.25, 0.3) is 11.8 Å². The molecule has 0 radical (unpaired) electrons. The molecule has 0 aliphatic carbocycles. The summed E-state index contributed by atoms with van der Waals surface area (Å²) < 4.78 is 0.